The van der Waals surface area contributed by atoms with Gasteiger partial charge in [0.25, 0.3) is 0 Å². The monoisotopic (exact) mass is 474 g/mol. The van der Waals surface area contributed by atoms with Crippen molar-refractivity contribution in [3.8, 4) is 0 Å². The molecule has 1 saturated heterocycles. The van der Waals surface area contributed by atoms with E-state index in [0.29, 0.717) is 26.2 Å². The molecule has 0 amide bonds. The summed E-state index contributed by atoms with van der Waals surface area (Å²) >= 11 is 0. The van der Waals surface area contributed by atoms with E-state index in [0.717, 1.165) is 16.7 Å². The molecule has 3 aromatic carbocycles. The Balaban J connectivity index is 1.45. The van der Waals surface area contributed by atoms with Crippen molar-refractivity contribution in [1.29, 1.82) is 0 Å². The Morgan fingerprint density at radius 1 is 0.743 bits per heavy atom. The molecule has 0 aromatic heterocycles. The van der Waals surface area contributed by atoms with Crippen LogP contribution in [-0.4, -0.2) is 42.2 Å². The molecule has 0 radical (unpaired) electrons. The van der Waals surface area contributed by atoms with Crippen LogP contribution in [0.15, 0.2) is 104 Å². The third kappa shape index (κ3) is 7.34. The topological polar surface area (TPSA) is 57.2 Å². The minimum absolute atomic E-state index is 0.136. The van der Waals surface area contributed by atoms with Gasteiger partial charge in [0.15, 0.2) is 0 Å². The number of aliphatic hydroxyl groups excluding tert-OH is 1. The minimum Gasteiger partial charge on any atom is -0.388 e. The van der Waals surface area contributed by atoms with Crippen molar-refractivity contribution in [3.63, 3.8) is 0 Å². The van der Waals surface area contributed by atoms with Crippen molar-refractivity contribution in [2.75, 3.05) is 6.61 Å². The number of hydrogen-bond acceptors (Lipinski definition) is 5. The van der Waals surface area contributed by atoms with Crippen LogP contribution in [0, 0.1) is 0 Å². The van der Waals surface area contributed by atoms with Crippen LogP contribution >= 0.6 is 0 Å². The van der Waals surface area contributed by atoms with E-state index in [2.05, 4.69) is 6.58 Å². The van der Waals surface area contributed by atoms with Crippen LogP contribution in [0.25, 0.3) is 0 Å². The van der Waals surface area contributed by atoms with Crippen LogP contribution in [0.2, 0.25) is 0 Å². The smallest absolute Gasteiger partial charge is 0.115 e. The number of hydrogen-bond donors (Lipinski definition) is 1. The van der Waals surface area contributed by atoms with Crippen LogP contribution in [0.5, 0.6) is 0 Å². The molecule has 0 unspecified atom stereocenters. The van der Waals surface area contributed by atoms with Crippen molar-refractivity contribution >= 4 is 0 Å². The molecule has 5 nitrogen and oxygen atoms in total. The van der Waals surface area contributed by atoms with Gasteiger partial charge in [0.05, 0.1) is 32.5 Å². The van der Waals surface area contributed by atoms with Gasteiger partial charge in [0.1, 0.15) is 24.4 Å². The first-order valence-electron chi connectivity index (χ1n) is 12.1. The minimum atomic E-state index is -0.864. The fourth-order valence-corrected chi connectivity index (χ4v) is 4.31. The molecule has 3 aromatic rings. The molecule has 5 heteroatoms. The summed E-state index contributed by atoms with van der Waals surface area (Å²) in [5, 5.41) is 11.1. The highest BCUT2D eigenvalue weighted by molar-refractivity contribution is 5.15. The van der Waals surface area contributed by atoms with Gasteiger partial charge in [-0.3, -0.25) is 0 Å². The molecule has 1 aliphatic heterocycles. The normalized spacial score (nSPS) is 22.7. The van der Waals surface area contributed by atoms with Gasteiger partial charge in [-0.15, -0.1) is 6.58 Å². The summed E-state index contributed by atoms with van der Waals surface area (Å²) < 4.78 is 24.9. The van der Waals surface area contributed by atoms with Crippen molar-refractivity contribution in [3.05, 3.63) is 120 Å². The largest absolute Gasteiger partial charge is 0.388 e. The van der Waals surface area contributed by atoms with Crippen LogP contribution < -0.4 is 0 Å². The van der Waals surface area contributed by atoms with E-state index in [9.17, 15) is 5.11 Å². The van der Waals surface area contributed by atoms with E-state index < -0.39 is 18.3 Å². The van der Waals surface area contributed by atoms with Gasteiger partial charge in [0, 0.05) is 0 Å². The van der Waals surface area contributed by atoms with Gasteiger partial charge in [-0.1, -0.05) is 97.1 Å². The Labute approximate surface area is 207 Å². The van der Waals surface area contributed by atoms with Crippen LogP contribution in [-0.2, 0) is 38.8 Å². The van der Waals surface area contributed by atoms with E-state index in [-0.39, 0.29) is 18.8 Å². The lowest BCUT2D eigenvalue weighted by Crippen LogP contribution is -2.43. The summed E-state index contributed by atoms with van der Waals surface area (Å²) in [6, 6.07) is 29.9. The molecular formula is C30H34O5. The SMILES string of the molecule is C=CC[C@@H]1O[C@@H]([C@H](O)COCc2ccccc2)[C@H](OCc2ccccc2)[C@H]1OCc1ccccc1. The van der Waals surface area contributed by atoms with Gasteiger partial charge in [-0.05, 0) is 23.1 Å². The second-order valence-electron chi connectivity index (χ2n) is 8.75. The molecule has 5 atom stereocenters. The van der Waals surface area contributed by atoms with Gasteiger partial charge in [0.2, 0.25) is 0 Å². The molecular weight excluding hydrogens is 440 g/mol. The van der Waals surface area contributed by atoms with E-state index >= 15 is 0 Å². The first kappa shape index (κ1) is 25.3. The molecule has 4 rings (SSSR count). The standard InChI is InChI=1S/C30H34O5/c1-2-12-27-29(33-20-24-15-8-4-9-16-24)30(34-21-25-17-10-5-11-18-25)28(35-27)26(31)22-32-19-23-13-6-3-7-14-23/h2-11,13-18,26-31H,1,12,19-22H2/t26-,27+,28+,29+,30+/m1/s1. The van der Waals surface area contributed by atoms with E-state index in [1.807, 2.05) is 97.1 Å². The van der Waals surface area contributed by atoms with Crippen molar-refractivity contribution < 1.29 is 24.1 Å². The maximum absolute atomic E-state index is 11.1. The zero-order valence-electron chi connectivity index (χ0n) is 19.9. The van der Waals surface area contributed by atoms with Gasteiger partial charge in [-0.25, -0.2) is 0 Å². The summed E-state index contributed by atoms with van der Waals surface area (Å²) in [5.41, 5.74) is 3.18. The van der Waals surface area contributed by atoms with Crippen molar-refractivity contribution in [2.45, 2.75) is 56.8 Å². The lowest BCUT2D eigenvalue weighted by molar-refractivity contribution is -0.116. The van der Waals surface area contributed by atoms with E-state index in [1.54, 1.807) is 0 Å². The Hall–Kier alpha value is -2.80. The third-order valence-electron chi connectivity index (χ3n) is 6.09. The molecule has 35 heavy (non-hydrogen) atoms. The summed E-state index contributed by atoms with van der Waals surface area (Å²) in [7, 11) is 0. The fourth-order valence-electron chi connectivity index (χ4n) is 4.31. The highest BCUT2D eigenvalue weighted by Crippen LogP contribution is 2.32. The van der Waals surface area contributed by atoms with Crippen molar-refractivity contribution in [1.82, 2.24) is 0 Å². The van der Waals surface area contributed by atoms with Crippen LogP contribution in [0.1, 0.15) is 23.1 Å². The zero-order valence-corrected chi connectivity index (χ0v) is 19.9. The Bertz CT molecular complexity index is 995. The lowest BCUT2D eigenvalue weighted by Gasteiger charge is -2.27. The van der Waals surface area contributed by atoms with Crippen molar-refractivity contribution in [2.24, 2.45) is 0 Å². The van der Waals surface area contributed by atoms with Gasteiger partial charge >= 0.3 is 0 Å². The molecule has 0 saturated carbocycles. The average Bonchev–Trinajstić information content (AvgIpc) is 3.25. The lowest BCUT2D eigenvalue weighted by atomic mass is 10.0. The molecule has 1 N–H and O–H groups in total. The Morgan fingerprint density at radius 2 is 1.23 bits per heavy atom. The molecule has 0 aliphatic carbocycles. The summed E-state index contributed by atoms with van der Waals surface area (Å²) in [5.74, 6) is 0. The van der Waals surface area contributed by atoms with Gasteiger partial charge < -0.3 is 24.1 Å². The molecule has 1 fully saturated rings. The quantitative estimate of drug-likeness (QED) is 0.350. The number of aliphatic hydroxyl groups is 1. The number of rotatable bonds is 13. The second-order valence-corrected chi connectivity index (χ2v) is 8.75. The molecule has 1 heterocycles. The predicted molar refractivity (Wildman–Crippen MR) is 136 cm³/mol. The number of benzene rings is 3. The summed E-state index contributed by atoms with van der Waals surface area (Å²) in [6.07, 6.45) is -0.120. The maximum Gasteiger partial charge on any atom is 0.115 e. The highest BCUT2D eigenvalue weighted by Gasteiger charge is 2.48. The maximum atomic E-state index is 11.1. The Morgan fingerprint density at radius 3 is 1.74 bits per heavy atom. The highest BCUT2D eigenvalue weighted by atomic mass is 16.6. The molecule has 1 aliphatic rings. The Kier molecular flexibility index (Phi) is 9.64. The number of ether oxygens (including phenoxy) is 4. The van der Waals surface area contributed by atoms with Crippen LogP contribution in [0.4, 0.5) is 0 Å². The van der Waals surface area contributed by atoms with Crippen LogP contribution in [0.3, 0.4) is 0 Å². The third-order valence-corrected chi connectivity index (χ3v) is 6.09. The molecule has 0 spiro atoms. The summed E-state index contributed by atoms with van der Waals surface area (Å²) in [6.45, 7) is 5.27. The van der Waals surface area contributed by atoms with Gasteiger partial charge in [-0.2, -0.15) is 0 Å². The second kappa shape index (κ2) is 13.3. The first-order valence-corrected chi connectivity index (χ1v) is 12.1. The van der Waals surface area contributed by atoms with E-state index in [1.165, 1.54) is 0 Å². The zero-order chi connectivity index (χ0) is 24.3. The fraction of sp³-hybridized carbons (Fsp3) is 0.333. The first-order chi connectivity index (χ1) is 17.2. The molecule has 0 bridgehead atoms. The molecule has 184 valence electrons. The summed E-state index contributed by atoms with van der Waals surface area (Å²) in [4.78, 5) is 0. The predicted octanol–water partition coefficient (Wildman–Crippen LogP) is 5.08. The van der Waals surface area contributed by atoms with E-state index in [4.69, 9.17) is 18.9 Å². The average molecular weight is 475 g/mol.